The van der Waals surface area contributed by atoms with Crippen LogP contribution in [0.3, 0.4) is 0 Å². The van der Waals surface area contributed by atoms with Gasteiger partial charge in [-0.2, -0.15) is 0 Å². The Hall–Kier alpha value is -1.98. The Morgan fingerprint density at radius 3 is 2.88 bits per heavy atom. The summed E-state index contributed by atoms with van der Waals surface area (Å²) in [5.74, 6) is 2.50. The Labute approximate surface area is 155 Å². The van der Waals surface area contributed by atoms with Crippen molar-refractivity contribution in [1.29, 1.82) is 0 Å². The van der Waals surface area contributed by atoms with Gasteiger partial charge in [-0.3, -0.25) is 0 Å². The number of carbonyl (C=O) groups excluding carboxylic acids is 1. The van der Waals surface area contributed by atoms with Gasteiger partial charge in [-0.15, -0.1) is 0 Å². The number of hydrogen-bond acceptors (Lipinski definition) is 4. The van der Waals surface area contributed by atoms with E-state index in [4.69, 9.17) is 4.74 Å². The first-order valence-corrected chi connectivity index (χ1v) is 9.78. The fourth-order valence-corrected chi connectivity index (χ4v) is 4.40. The van der Waals surface area contributed by atoms with Crippen molar-refractivity contribution in [3.05, 3.63) is 18.3 Å². The largest absolute Gasteiger partial charge is 0.460 e. The number of rotatable bonds is 5. The molecule has 0 saturated heterocycles. The van der Waals surface area contributed by atoms with Crippen molar-refractivity contribution in [3.8, 4) is 0 Å². The number of nitrogens with zero attached hydrogens (tertiary/aromatic N) is 4. The standard InChI is InChI=1S/C20H31N4O2/c1-6-18-23(5)20-16(10-21-12-22-20)24(18)11-19(25)26-17-9-14(4)7-8-15(17)13(2)3/h10,12-15,17H,6-9,11H2,1-5H3/q+1/t14-,15+,17-/m1/s1. The lowest BCUT2D eigenvalue weighted by Gasteiger charge is -2.36. The molecule has 2 aromatic rings. The third-order valence-electron chi connectivity index (χ3n) is 5.83. The molecule has 1 aliphatic rings. The quantitative estimate of drug-likeness (QED) is 0.608. The van der Waals surface area contributed by atoms with E-state index >= 15 is 0 Å². The van der Waals surface area contributed by atoms with Crippen molar-refractivity contribution >= 4 is 17.1 Å². The summed E-state index contributed by atoms with van der Waals surface area (Å²) >= 11 is 0. The molecule has 3 atom stereocenters. The fraction of sp³-hybridized carbons (Fsp3) is 0.700. The second kappa shape index (κ2) is 7.72. The first-order valence-electron chi connectivity index (χ1n) is 9.78. The van der Waals surface area contributed by atoms with Crippen LogP contribution < -0.4 is 4.57 Å². The van der Waals surface area contributed by atoms with Gasteiger partial charge in [-0.1, -0.05) is 39.1 Å². The highest BCUT2D eigenvalue weighted by Gasteiger charge is 2.34. The van der Waals surface area contributed by atoms with Crippen LogP contribution in [0.2, 0.25) is 0 Å². The first-order chi connectivity index (χ1) is 12.4. The van der Waals surface area contributed by atoms with Crippen molar-refractivity contribution in [2.45, 2.75) is 66.0 Å². The predicted molar refractivity (Wildman–Crippen MR) is 99.3 cm³/mol. The van der Waals surface area contributed by atoms with E-state index in [2.05, 4.69) is 37.7 Å². The SMILES string of the molecule is CCc1n(CC(=O)O[C@@H]2C[C@H](C)CC[C@H]2C(C)C)c2cncnc2[n+]1C. The Morgan fingerprint density at radius 2 is 2.19 bits per heavy atom. The molecule has 0 amide bonds. The van der Waals surface area contributed by atoms with E-state index in [9.17, 15) is 4.79 Å². The Morgan fingerprint density at radius 1 is 1.42 bits per heavy atom. The average Bonchev–Trinajstić information content (AvgIpc) is 2.86. The van der Waals surface area contributed by atoms with Gasteiger partial charge < -0.3 is 4.74 Å². The molecule has 0 spiro atoms. The molecular weight excluding hydrogens is 328 g/mol. The molecular formula is C20H31N4O2+. The van der Waals surface area contributed by atoms with E-state index in [-0.39, 0.29) is 18.6 Å². The van der Waals surface area contributed by atoms with Gasteiger partial charge in [0.05, 0.1) is 13.2 Å². The maximum atomic E-state index is 12.8. The zero-order valence-corrected chi connectivity index (χ0v) is 16.6. The lowest BCUT2D eigenvalue weighted by molar-refractivity contribution is -0.655. The molecule has 1 aliphatic carbocycles. The van der Waals surface area contributed by atoms with Gasteiger partial charge in [-0.25, -0.2) is 18.9 Å². The molecule has 0 radical (unpaired) electrons. The van der Waals surface area contributed by atoms with E-state index in [0.717, 1.165) is 36.3 Å². The molecule has 0 aromatic carbocycles. The molecule has 0 aliphatic heterocycles. The minimum absolute atomic E-state index is 0.0307. The van der Waals surface area contributed by atoms with Gasteiger partial charge in [0.2, 0.25) is 5.82 Å². The van der Waals surface area contributed by atoms with Crippen LogP contribution in [0, 0.1) is 17.8 Å². The molecule has 0 bridgehead atoms. The number of aryl methyl sites for hydroxylation is 1. The Bertz CT molecular complexity index is 783. The smallest absolute Gasteiger partial charge is 0.341 e. The molecule has 0 N–H and O–H groups in total. The summed E-state index contributed by atoms with van der Waals surface area (Å²) in [6.45, 7) is 9.01. The molecule has 1 fully saturated rings. The number of aromatic nitrogens is 4. The fourth-order valence-electron chi connectivity index (χ4n) is 4.40. The molecule has 3 rings (SSSR count). The molecule has 6 heteroatoms. The van der Waals surface area contributed by atoms with Gasteiger partial charge in [0.1, 0.15) is 6.10 Å². The van der Waals surface area contributed by atoms with Crippen molar-refractivity contribution in [2.24, 2.45) is 24.8 Å². The highest BCUT2D eigenvalue weighted by atomic mass is 16.5. The van der Waals surface area contributed by atoms with Gasteiger partial charge in [-0.05, 0) is 30.6 Å². The van der Waals surface area contributed by atoms with Crippen molar-refractivity contribution in [2.75, 3.05) is 0 Å². The van der Waals surface area contributed by atoms with Crippen LogP contribution in [0.25, 0.3) is 11.2 Å². The predicted octanol–water partition coefficient (Wildman–Crippen LogP) is 2.82. The van der Waals surface area contributed by atoms with Crippen molar-refractivity contribution < 1.29 is 14.1 Å². The van der Waals surface area contributed by atoms with Gasteiger partial charge in [0.15, 0.2) is 18.4 Å². The Kier molecular flexibility index (Phi) is 5.58. The summed E-state index contributed by atoms with van der Waals surface area (Å²) in [7, 11) is 1.98. The third kappa shape index (κ3) is 3.60. The maximum Gasteiger partial charge on any atom is 0.341 e. The lowest BCUT2D eigenvalue weighted by atomic mass is 9.75. The highest BCUT2D eigenvalue weighted by Crippen LogP contribution is 2.35. The maximum absolute atomic E-state index is 12.8. The van der Waals surface area contributed by atoms with E-state index < -0.39 is 0 Å². The number of imidazole rings is 1. The minimum atomic E-state index is -0.161. The molecule has 142 valence electrons. The molecule has 0 unspecified atom stereocenters. The second-order valence-electron chi connectivity index (χ2n) is 8.00. The summed E-state index contributed by atoms with van der Waals surface area (Å²) < 4.78 is 10.0. The van der Waals surface area contributed by atoms with E-state index in [1.165, 1.54) is 6.42 Å². The summed E-state index contributed by atoms with van der Waals surface area (Å²) in [6.07, 6.45) is 7.50. The highest BCUT2D eigenvalue weighted by molar-refractivity contribution is 5.73. The number of fused-ring (bicyclic) bond motifs is 1. The van der Waals surface area contributed by atoms with Gasteiger partial charge in [0, 0.05) is 6.42 Å². The monoisotopic (exact) mass is 359 g/mol. The Balaban J connectivity index is 1.81. The van der Waals surface area contributed by atoms with Crippen LogP contribution in [-0.2, 0) is 29.5 Å². The summed E-state index contributed by atoms with van der Waals surface area (Å²) in [5.41, 5.74) is 1.72. The van der Waals surface area contributed by atoms with E-state index in [1.54, 1.807) is 12.5 Å². The molecule has 6 nitrogen and oxygen atoms in total. The molecule has 2 heterocycles. The van der Waals surface area contributed by atoms with Crippen LogP contribution in [0.15, 0.2) is 12.5 Å². The van der Waals surface area contributed by atoms with E-state index in [1.807, 2.05) is 16.2 Å². The minimum Gasteiger partial charge on any atom is -0.460 e. The van der Waals surface area contributed by atoms with Crippen molar-refractivity contribution in [1.82, 2.24) is 14.5 Å². The normalized spacial score (nSPS) is 23.5. The molecule has 2 aromatic heterocycles. The number of hydrogen-bond donors (Lipinski definition) is 0. The van der Waals surface area contributed by atoms with Crippen molar-refractivity contribution in [3.63, 3.8) is 0 Å². The van der Waals surface area contributed by atoms with Crippen LogP contribution in [0.1, 0.15) is 52.8 Å². The topological polar surface area (TPSA) is 60.9 Å². The van der Waals surface area contributed by atoms with Crippen LogP contribution in [0.5, 0.6) is 0 Å². The average molecular weight is 359 g/mol. The number of esters is 1. The lowest BCUT2D eigenvalue weighted by Crippen LogP contribution is -2.37. The van der Waals surface area contributed by atoms with Crippen LogP contribution in [0.4, 0.5) is 0 Å². The van der Waals surface area contributed by atoms with E-state index in [0.29, 0.717) is 17.8 Å². The zero-order chi connectivity index (χ0) is 18.8. The summed E-state index contributed by atoms with van der Waals surface area (Å²) in [5, 5.41) is 0. The van der Waals surface area contributed by atoms with Crippen LogP contribution >= 0.6 is 0 Å². The molecule has 1 saturated carbocycles. The zero-order valence-electron chi connectivity index (χ0n) is 16.6. The summed E-state index contributed by atoms with van der Waals surface area (Å²) in [4.78, 5) is 21.3. The first kappa shape index (κ1) is 18.8. The third-order valence-corrected chi connectivity index (χ3v) is 5.83. The second-order valence-corrected chi connectivity index (χ2v) is 8.00. The molecule has 26 heavy (non-hydrogen) atoms. The number of carbonyl (C=O) groups is 1. The van der Waals surface area contributed by atoms with Crippen LogP contribution in [-0.4, -0.2) is 26.6 Å². The van der Waals surface area contributed by atoms with Gasteiger partial charge in [0.25, 0.3) is 0 Å². The summed E-state index contributed by atoms with van der Waals surface area (Å²) in [6, 6.07) is 0. The number of ether oxygens (including phenoxy) is 1. The van der Waals surface area contributed by atoms with Gasteiger partial charge >= 0.3 is 11.6 Å².